The number of nitrogens with one attached hydrogen (secondary N) is 1. The van der Waals surface area contributed by atoms with E-state index in [9.17, 15) is 18.3 Å². The Morgan fingerprint density at radius 1 is 1.55 bits per heavy atom. The number of rotatable bonds is 4. The van der Waals surface area contributed by atoms with E-state index in [1.807, 2.05) is 0 Å². The number of likely N-dealkylation sites (N-methyl/N-ethyl adjacent to an activating group) is 1. The van der Waals surface area contributed by atoms with Crippen LogP contribution in [-0.2, 0) is 15.1 Å². The normalized spacial score (nSPS) is 11.6. The van der Waals surface area contributed by atoms with Crippen molar-refractivity contribution in [2.24, 2.45) is 5.14 Å². The summed E-state index contributed by atoms with van der Waals surface area (Å²) in [5.74, 6) is -1.46. The predicted octanol–water partition coefficient (Wildman–Crippen LogP) is -0.373. The summed E-state index contributed by atoms with van der Waals surface area (Å²) in [4.78, 5) is 11.3. The van der Waals surface area contributed by atoms with E-state index in [2.05, 4.69) is 9.50 Å². The molecule has 0 aromatic heterocycles. The average molecular weight is 297 g/mol. The first kappa shape index (κ1) is 15.5. The molecule has 1 aromatic carbocycles. The minimum atomic E-state index is -4.30. The number of benzene rings is 1. The predicted molar refractivity (Wildman–Crippen MR) is 69.5 cm³/mol. The molecule has 0 spiro atoms. The fourth-order valence-electron chi connectivity index (χ4n) is 1.26. The van der Waals surface area contributed by atoms with Crippen LogP contribution in [0.5, 0.6) is 11.5 Å². The Labute approximate surface area is 115 Å². The third-order valence-electron chi connectivity index (χ3n) is 2.09. The van der Waals surface area contributed by atoms with Crippen molar-refractivity contribution in [3.8, 4) is 17.6 Å². The van der Waals surface area contributed by atoms with E-state index in [0.717, 1.165) is 12.1 Å². The number of phenols is 1. The van der Waals surface area contributed by atoms with Gasteiger partial charge in [0.1, 0.15) is 11.6 Å². The highest BCUT2D eigenvalue weighted by molar-refractivity contribution is 7.84. The molecular formula is C11H11N3O5S. The maximum Gasteiger partial charge on any atom is 0.380 e. The highest BCUT2D eigenvalue weighted by Gasteiger charge is 2.12. The zero-order valence-electron chi connectivity index (χ0n) is 10.3. The summed E-state index contributed by atoms with van der Waals surface area (Å²) in [5, 5.41) is 25.2. The van der Waals surface area contributed by atoms with E-state index in [4.69, 9.17) is 10.4 Å². The van der Waals surface area contributed by atoms with Crippen LogP contribution in [0.15, 0.2) is 23.8 Å². The molecule has 0 unspecified atom stereocenters. The summed E-state index contributed by atoms with van der Waals surface area (Å²) in [5.41, 5.74) is 0.0846. The minimum absolute atomic E-state index is 0.195. The molecule has 0 radical (unpaired) electrons. The van der Waals surface area contributed by atoms with Gasteiger partial charge >= 0.3 is 10.3 Å². The van der Waals surface area contributed by atoms with E-state index in [1.165, 1.54) is 19.2 Å². The molecule has 0 aliphatic rings. The number of phenolic OH excluding ortho intramolecular Hbond substituents is 1. The fourth-order valence-corrected chi connectivity index (χ4v) is 1.65. The topological polar surface area (TPSA) is 143 Å². The van der Waals surface area contributed by atoms with Gasteiger partial charge in [-0.3, -0.25) is 4.79 Å². The van der Waals surface area contributed by atoms with Crippen molar-refractivity contribution in [1.29, 1.82) is 5.26 Å². The van der Waals surface area contributed by atoms with Gasteiger partial charge in [0, 0.05) is 7.05 Å². The van der Waals surface area contributed by atoms with Crippen molar-refractivity contribution < 1.29 is 22.5 Å². The SMILES string of the molecule is CNC(=O)/C(C#N)=C/c1ccc(O)c(OS(N)(=O)=O)c1. The number of nitrogens with two attached hydrogens (primary N) is 1. The van der Waals surface area contributed by atoms with E-state index in [0.29, 0.717) is 0 Å². The second-order valence-corrected chi connectivity index (χ2v) is 4.70. The van der Waals surface area contributed by atoms with Crippen molar-refractivity contribution in [1.82, 2.24) is 5.32 Å². The number of aromatic hydroxyl groups is 1. The zero-order valence-corrected chi connectivity index (χ0v) is 11.1. The summed E-state index contributed by atoms with van der Waals surface area (Å²) in [6, 6.07) is 5.32. The van der Waals surface area contributed by atoms with Gasteiger partial charge in [-0.15, -0.1) is 0 Å². The van der Waals surface area contributed by atoms with Gasteiger partial charge < -0.3 is 14.6 Å². The molecule has 0 aliphatic heterocycles. The smallest absolute Gasteiger partial charge is 0.380 e. The first-order valence-corrected chi connectivity index (χ1v) is 6.63. The molecule has 0 bridgehead atoms. The first-order valence-electron chi connectivity index (χ1n) is 5.16. The third-order valence-corrected chi connectivity index (χ3v) is 2.50. The molecule has 20 heavy (non-hydrogen) atoms. The molecule has 1 aromatic rings. The van der Waals surface area contributed by atoms with Crippen molar-refractivity contribution in [2.75, 3.05) is 7.05 Å². The average Bonchev–Trinajstić information content (AvgIpc) is 2.37. The Hall–Kier alpha value is -2.57. The van der Waals surface area contributed by atoms with Crippen LogP contribution in [0, 0.1) is 11.3 Å². The third kappa shape index (κ3) is 4.27. The van der Waals surface area contributed by atoms with Crippen LogP contribution in [0.4, 0.5) is 0 Å². The van der Waals surface area contributed by atoms with Gasteiger partial charge in [-0.1, -0.05) is 6.07 Å². The highest BCUT2D eigenvalue weighted by atomic mass is 32.2. The molecule has 0 saturated carbocycles. The summed E-state index contributed by atoms with van der Waals surface area (Å²) < 4.78 is 26.0. The molecule has 4 N–H and O–H groups in total. The maximum absolute atomic E-state index is 11.3. The Balaban J connectivity index is 3.22. The quantitative estimate of drug-likeness (QED) is 0.511. The molecule has 9 heteroatoms. The lowest BCUT2D eigenvalue weighted by Crippen LogP contribution is -2.19. The molecule has 0 saturated heterocycles. The van der Waals surface area contributed by atoms with E-state index >= 15 is 0 Å². The maximum atomic E-state index is 11.3. The molecule has 1 rings (SSSR count). The lowest BCUT2D eigenvalue weighted by Gasteiger charge is -2.06. The first-order chi connectivity index (χ1) is 9.26. The van der Waals surface area contributed by atoms with Crippen LogP contribution in [0.1, 0.15) is 5.56 Å². The Morgan fingerprint density at radius 3 is 2.70 bits per heavy atom. The Kier molecular flexibility index (Phi) is 4.68. The summed E-state index contributed by atoms with van der Waals surface area (Å²) in [6.07, 6.45) is 1.20. The molecule has 0 fully saturated rings. The van der Waals surface area contributed by atoms with Crippen molar-refractivity contribution in [3.05, 3.63) is 29.3 Å². The van der Waals surface area contributed by atoms with Crippen molar-refractivity contribution in [3.63, 3.8) is 0 Å². The number of hydrogen-bond acceptors (Lipinski definition) is 6. The van der Waals surface area contributed by atoms with E-state index in [1.54, 1.807) is 6.07 Å². The number of nitrogens with zero attached hydrogens (tertiary/aromatic N) is 1. The monoisotopic (exact) mass is 297 g/mol. The summed E-state index contributed by atoms with van der Waals surface area (Å²) >= 11 is 0. The van der Waals surface area contributed by atoms with Crippen LogP contribution < -0.4 is 14.6 Å². The van der Waals surface area contributed by atoms with Crippen molar-refractivity contribution in [2.45, 2.75) is 0 Å². The number of hydrogen-bond donors (Lipinski definition) is 3. The molecule has 1 amide bonds. The fraction of sp³-hybridized carbons (Fsp3) is 0.0909. The van der Waals surface area contributed by atoms with Gasteiger partial charge in [-0.25, -0.2) is 0 Å². The van der Waals surface area contributed by atoms with Crippen LogP contribution in [-0.4, -0.2) is 26.5 Å². The van der Waals surface area contributed by atoms with Crippen LogP contribution in [0.3, 0.4) is 0 Å². The number of nitriles is 1. The molecule has 106 valence electrons. The Morgan fingerprint density at radius 2 is 2.20 bits per heavy atom. The lowest BCUT2D eigenvalue weighted by molar-refractivity contribution is -0.116. The molecule has 0 atom stereocenters. The summed E-state index contributed by atoms with van der Waals surface area (Å²) in [6.45, 7) is 0. The standard InChI is InChI=1S/C11H11N3O5S/c1-14-11(16)8(6-12)4-7-2-3-9(15)10(5-7)19-20(13,17)18/h2-5,15H,1H3,(H,14,16)(H2,13,17,18)/b8-4+. The number of carbonyl (C=O) groups excluding carboxylic acids is 1. The minimum Gasteiger partial charge on any atom is -0.504 e. The molecule has 8 nitrogen and oxygen atoms in total. The van der Waals surface area contributed by atoms with Gasteiger partial charge in [0.25, 0.3) is 5.91 Å². The second-order valence-electron chi connectivity index (χ2n) is 3.55. The van der Waals surface area contributed by atoms with Gasteiger partial charge in [0.05, 0.1) is 0 Å². The van der Waals surface area contributed by atoms with Gasteiger partial charge in [0.15, 0.2) is 11.5 Å². The molecule has 0 aliphatic carbocycles. The van der Waals surface area contributed by atoms with Gasteiger partial charge in [-0.05, 0) is 23.8 Å². The highest BCUT2D eigenvalue weighted by Crippen LogP contribution is 2.28. The zero-order chi connectivity index (χ0) is 15.3. The van der Waals surface area contributed by atoms with Gasteiger partial charge in [0.2, 0.25) is 0 Å². The van der Waals surface area contributed by atoms with Crippen LogP contribution in [0.2, 0.25) is 0 Å². The summed E-state index contributed by atoms with van der Waals surface area (Å²) in [7, 11) is -2.94. The number of carbonyl (C=O) groups is 1. The van der Waals surface area contributed by atoms with E-state index < -0.39 is 27.7 Å². The lowest BCUT2D eigenvalue weighted by atomic mass is 10.1. The van der Waals surface area contributed by atoms with Crippen LogP contribution >= 0.6 is 0 Å². The van der Waals surface area contributed by atoms with E-state index in [-0.39, 0.29) is 11.1 Å². The second kappa shape index (κ2) is 6.05. The van der Waals surface area contributed by atoms with Crippen molar-refractivity contribution >= 4 is 22.3 Å². The number of amides is 1. The van der Waals surface area contributed by atoms with Crippen LogP contribution in [0.25, 0.3) is 6.08 Å². The molecular weight excluding hydrogens is 286 g/mol. The van der Waals surface area contributed by atoms with Gasteiger partial charge in [-0.2, -0.15) is 18.8 Å². The molecule has 0 heterocycles. The Bertz CT molecular complexity index is 703. The largest absolute Gasteiger partial charge is 0.504 e.